The summed E-state index contributed by atoms with van der Waals surface area (Å²) in [6.07, 6.45) is 0.705. The Bertz CT molecular complexity index is 413. The van der Waals surface area contributed by atoms with Gasteiger partial charge in [0, 0.05) is 33.4 Å². The number of rotatable bonds is 4. The van der Waals surface area contributed by atoms with Gasteiger partial charge in [-0.2, -0.15) is 0 Å². The van der Waals surface area contributed by atoms with Crippen LogP contribution in [0.4, 0.5) is 5.69 Å². The van der Waals surface area contributed by atoms with Gasteiger partial charge in [0.05, 0.1) is 0 Å². The molecule has 5 nitrogen and oxygen atoms in total. The van der Waals surface area contributed by atoms with Crippen LogP contribution in [0.5, 0.6) is 0 Å². The highest BCUT2D eigenvalue weighted by atomic mass is 16.2. The topological polar surface area (TPSA) is 61.4 Å². The van der Waals surface area contributed by atoms with Crippen molar-refractivity contribution in [3.63, 3.8) is 0 Å². The Morgan fingerprint density at radius 2 is 1.72 bits per heavy atom. The van der Waals surface area contributed by atoms with Gasteiger partial charge in [0.15, 0.2) is 0 Å². The molecule has 1 aromatic rings. The molecule has 1 rings (SSSR count). The predicted molar refractivity (Wildman–Crippen MR) is 71.5 cm³/mol. The number of amides is 2. The van der Waals surface area contributed by atoms with Crippen LogP contribution in [0.2, 0.25) is 0 Å². The van der Waals surface area contributed by atoms with E-state index in [1.54, 1.807) is 0 Å². The molecule has 5 heteroatoms. The number of anilines is 1. The van der Waals surface area contributed by atoms with E-state index in [-0.39, 0.29) is 0 Å². The van der Waals surface area contributed by atoms with Gasteiger partial charge >= 0.3 is 11.8 Å². The van der Waals surface area contributed by atoms with Crippen LogP contribution in [-0.2, 0) is 16.0 Å². The van der Waals surface area contributed by atoms with E-state index >= 15 is 0 Å². The monoisotopic (exact) mass is 249 g/mol. The minimum Gasteiger partial charge on any atom is -0.378 e. The van der Waals surface area contributed by atoms with Crippen molar-refractivity contribution in [2.24, 2.45) is 0 Å². The summed E-state index contributed by atoms with van der Waals surface area (Å²) in [6.45, 7) is 0.452. The van der Waals surface area contributed by atoms with Crippen molar-refractivity contribution in [1.82, 2.24) is 10.6 Å². The van der Waals surface area contributed by atoms with Gasteiger partial charge in [0.25, 0.3) is 0 Å². The Kier molecular flexibility index (Phi) is 5.17. The fourth-order valence-corrected chi connectivity index (χ4v) is 1.47. The molecule has 0 aromatic heterocycles. The lowest BCUT2D eigenvalue weighted by Crippen LogP contribution is -2.38. The Labute approximate surface area is 107 Å². The van der Waals surface area contributed by atoms with Gasteiger partial charge in [-0.15, -0.1) is 0 Å². The lowest BCUT2D eigenvalue weighted by atomic mass is 10.1. The molecule has 0 unspecified atom stereocenters. The minimum atomic E-state index is -0.613. The number of carbonyl (C=O) groups is 2. The molecule has 0 aliphatic rings. The molecule has 2 amide bonds. The van der Waals surface area contributed by atoms with Crippen LogP contribution in [0.3, 0.4) is 0 Å². The third kappa shape index (κ3) is 4.08. The number of benzene rings is 1. The first-order chi connectivity index (χ1) is 8.54. The zero-order chi connectivity index (χ0) is 13.5. The maximum Gasteiger partial charge on any atom is 0.309 e. The highest BCUT2D eigenvalue weighted by molar-refractivity contribution is 6.34. The standard InChI is InChI=1S/C13H19N3O2/c1-14-12(17)13(18)15-9-8-10-4-6-11(7-5-10)16(2)3/h4-7H,8-9H2,1-3H3,(H,14,17)(H,15,18). The average molecular weight is 249 g/mol. The fourth-order valence-electron chi connectivity index (χ4n) is 1.47. The van der Waals surface area contributed by atoms with E-state index in [9.17, 15) is 9.59 Å². The number of nitrogens with one attached hydrogen (secondary N) is 2. The van der Waals surface area contributed by atoms with Crippen molar-refractivity contribution in [3.05, 3.63) is 29.8 Å². The summed E-state index contributed by atoms with van der Waals surface area (Å²) in [4.78, 5) is 24.1. The molecule has 0 aliphatic carbocycles. The second kappa shape index (κ2) is 6.64. The Balaban J connectivity index is 2.40. The van der Waals surface area contributed by atoms with Crippen molar-refractivity contribution in [2.45, 2.75) is 6.42 Å². The largest absolute Gasteiger partial charge is 0.378 e. The number of hydrogen-bond acceptors (Lipinski definition) is 3. The number of hydrogen-bond donors (Lipinski definition) is 2. The van der Waals surface area contributed by atoms with E-state index in [2.05, 4.69) is 10.6 Å². The number of carbonyl (C=O) groups excluding carboxylic acids is 2. The molecule has 0 aliphatic heterocycles. The molecule has 0 atom stereocenters. The predicted octanol–water partition coefficient (Wildman–Crippen LogP) is 0.157. The molecule has 0 saturated heterocycles. The molecule has 1 aromatic carbocycles. The first-order valence-corrected chi connectivity index (χ1v) is 5.80. The van der Waals surface area contributed by atoms with E-state index in [1.807, 2.05) is 43.3 Å². The molecule has 98 valence electrons. The van der Waals surface area contributed by atoms with Gasteiger partial charge in [-0.25, -0.2) is 0 Å². The number of likely N-dealkylation sites (N-methyl/N-ethyl adjacent to an activating group) is 1. The summed E-state index contributed by atoms with van der Waals surface area (Å²) in [6, 6.07) is 8.08. The van der Waals surface area contributed by atoms with E-state index in [0.717, 1.165) is 11.3 Å². The molecule has 0 radical (unpaired) electrons. The first-order valence-electron chi connectivity index (χ1n) is 5.80. The van der Waals surface area contributed by atoms with Gasteiger partial charge < -0.3 is 15.5 Å². The molecule has 18 heavy (non-hydrogen) atoms. The lowest BCUT2D eigenvalue weighted by molar-refractivity contribution is -0.138. The third-order valence-corrected chi connectivity index (χ3v) is 2.59. The van der Waals surface area contributed by atoms with E-state index in [4.69, 9.17) is 0 Å². The Hall–Kier alpha value is -2.04. The number of nitrogens with zero attached hydrogens (tertiary/aromatic N) is 1. The van der Waals surface area contributed by atoms with E-state index in [1.165, 1.54) is 7.05 Å². The van der Waals surface area contributed by atoms with Crippen LogP contribution >= 0.6 is 0 Å². The second-order valence-electron chi connectivity index (χ2n) is 4.15. The molecule has 0 saturated carbocycles. The van der Waals surface area contributed by atoms with Crippen LogP contribution in [0, 0.1) is 0 Å². The van der Waals surface area contributed by atoms with Crippen LogP contribution < -0.4 is 15.5 Å². The molecule has 0 fully saturated rings. The van der Waals surface area contributed by atoms with Crippen LogP contribution in [0.1, 0.15) is 5.56 Å². The first kappa shape index (κ1) is 14.0. The van der Waals surface area contributed by atoms with Gasteiger partial charge in [0.1, 0.15) is 0 Å². The van der Waals surface area contributed by atoms with Crippen LogP contribution in [0.15, 0.2) is 24.3 Å². The van der Waals surface area contributed by atoms with E-state index in [0.29, 0.717) is 13.0 Å². The van der Waals surface area contributed by atoms with Crippen molar-refractivity contribution >= 4 is 17.5 Å². The molecular formula is C13H19N3O2. The highest BCUT2D eigenvalue weighted by Crippen LogP contribution is 2.12. The van der Waals surface area contributed by atoms with Crippen LogP contribution in [-0.4, -0.2) is 39.5 Å². The molecule has 0 bridgehead atoms. The van der Waals surface area contributed by atoms with Crippen LogP contribution in [0.25, 0.3) is 0 Å². The molecular weight excluding hydrogens is 230 g/mol. The second-order valence-corrected chi connectivity index (χ2v) is 4.15. The summed E-state index contributed by atoms with van der Waals surface area (Å²) >= 11 is 0. The maximum atomic E-state index is 11.2. The summed E-state index contributed by atoms with van der Waals surface area (Å²) in [5, 5.41) is 4.83. The zero-order valence-electron chi connectivity index (χ0n) is 11.0. The quantitative estimate of drug-likeness (QED) is 0.747. The SMILES string of the molecule is CNC(=O)C(=O)NCCc1ccc(N(C)C)cc1. The van der Waals surface area contributed by atoms with Gasteiger partial charge in [0.2, 0.25) is 0 Å². The summed E-state index contributed by atoms with van der Waals surface area (Å²) in [7, 11) is 5.40. The zero-order valence-corrected chi connectivity index (χ0v) is 11.0. The fraction of sp³-hybridized carbons (Fsp3) is 0.385. The Morgan fingerprint density at radius 1 is 1.11 bits per heavy atom. The summed E-state index contributed by atoms with van der Waals surface area (Å²) in [5.74, 6) is -1.21. The third-order valence-electron chi connectivity index (χ3n) is 2.59. The lowest BCUT2D eigenvalue weighted by Gasteiger charge is -2.12. The minimum absolute atomic E-state index is 0.452. The Morgan fingerprint density at radius 3 is 2.22 bits per heavy atom. The molecule has 2 N–H and O–H groups in total. The van der Waals surface area contributed by atoms with Crippen molar-refractivity contribution in [1.29, 1.82) is 0 Å². The summed E-state index contributed by atoms with van der Waals surface area (Å²) < 4.78 is 0. The van der Waals surface area contributed by atoms with Gasteiger partial charge in [-0.1, -0.05) is 12.1 Å². The van der Waals surface area contributed by atoms with Gasteiger partial charge in [-0.3, -0.25) is 9.59 Å². The van der Waals surface area contributed by atoms with Gasteiger partial charge in [-0.05, 0) is 24.1 Å². The maximum absolute atomic E-state index is 11.2. The van der Waals surface area contributed by atoms with Crippen molar-refractivity contribution in [2.75, 3.05) is 32.6 Å². The average Bonchev–Trinajstić information content (AvgIpc) is 2.38. The van der Waals surface area contributed by atoms with E-state index < -0.39 is 11.8 Å². The summed E-state index contributed by atoms with van der Waals surface area (Å²) in [5.41, 5.74) is 2.26. The highest BCUT2D eigenvalue weighted by Gasteiger charge is 2.09. The van der Waals surface area contributed by atoms with Crippen molar-refractivity contribution in [3.8, 4) is 0 Å². The molecule has 0 heterocycles. The van der Waals surface area contributed by atoms with Crippen molar-refractivity contribution < 1.29 is 9.59 Å². The smallest absolute Gasteiger partial charge is 0.309 e. The normalized spacial score (nSPS) is 9.72. The molecule has 0 spiro atoms.